The van der Waals surface area contributed by atoms with Crippen LogP contribution in [0.1, 0.15) is 0 Å². The zero-order valence-corrected chi connectivity index (χ0v) is 14.3. The Balaban J connectivity index is 1.64. The number of hydrogen-bond acceptors (Lipinski definition) is 1. The van der Waals surface area contributed by atoms with Crippen LogP contribution in [0.15, 0.2) is 103 Å². The molecule has 1 heteroatoms. The summed E-state index contributed by atoms with van der Waals surface area (Å²) in [6, 6.07) is 34.2. The second kappa shape index (κ2) is 6.12. The maximum atomic E-state index is 4.60. The van der Waals surface area contributed by atoms with Gasteiger partial charge in [-0.3, -0.25) is 4.98 Å². The Labute approximate surface area is 152 Å². The molecular weight excluding hydrogens is 314 g/mol. The first-order valence-electron chi connectivity index (χ1n) is 8.82. The van der Waals surface area contributed by atoms with E-state index in [0.717, 1.165) is 11.3 Å². The molecule has 0 saturated carbocycles. The Kier molecular flexibility index (Phi) is 3.50. The van der Waals surface area contributed by atoms with Crippen LogP contribution in [0.2, 0.25) is 0 Å². The lowest BCUT2D eigenvalue weighted by atomic mass is 9.98. The summed E-state index contributed by atoms with van der Waals surface area (Å²) in [4.78, 5) is 4.60. The minimum Gasteiger partial charge on any atom is -0.256 e. The maximum absolute atomic E-state index is 4.60. The van der Waals surface area contributed by atoms with Gasteiger partial charge >= 0.3 is 0 Å². The molecular formula is C25H17N. The third-order valence-corrected chi connectivity index (χ3v) is 4.91. The van der Waals surface area contributed by atoms with E-state index in [2.05, 4.69) is 96.0 Å². The summed E-state index contributed by atoms with van der Waals surface area (Å²) in [5, 5.41) is 5.10. The van der Waals surface area contributed by atoms with Gasteiger partial charge in [-0.25, -0.2) is 0 Å². The summed E-state index contributed by atoms with van der Waals surface area (Å²) >= 11 is 0. The Hall–Kier alpha value is -3.45. The molecule has 0 aliphatic carbocycles. The van der Waals surface area contributed by atoms with Crippen LogP contribution in [0.4, 0.5) is 0 Å². The van der Waals surface area contributed by atoms with Gasteiger partial charge in [0.05, 0.1) is 5.69 Å². The first-order valence-corrected chi connectivity index (χ1v) is 8.82. The van der Waals surface area contributed by atoms with Crippen molar-refractivity contribution < 1.29 is 0 Å². The van der Waals surface area contributed by atoms with Crippen LogP contribution in [0.5, 0.6) is 0 Å². The van der Waals surface area contributed by atoms with Crippen molar-refractivity contribution in [2.24, 2.45) is 0 Å². The van der Waals surface area contributed by atoms with E-state index in [9.17, 15) is 0 Å². The highest BCUT2D eigenvalue weighted by Crippen LogP contribution is 2.30. The predicted molar refractivity (Wildman–Crippen MR) is 110 cm³/mol. The normalized spacial score (nSPS) is 11.1. The fraction of sp³-hybridized carbons (Fsp3) is 0. The Morgan fingerprint density at radius 2 is 1.23 bits per heavy atom. The largest absolute Gasteiger partial charge is 0.256 e. The lowest BCUT2D eigenvalue weighted by molar-refractivity contribution is 1.33. The first-order chi connectivity index (χ1) is 12.9. The van der Waals surface area contributed by atoms with Crippen LogP contribution in [-0.2, 0) is 0 Å². The third-order valence-electron chi connectivity index (χ3n) is 4.91. The van der Waals surface area contributed by atoms with Crippen molar-refractivity contribution >= 4 is 21.5 Å². The van der Waals surface area contributed by atoms with Crippen LogP contribution in [0.25, 0.3) is 43.9 Å². The van der Waals surface area contributed by atoms with Gasteiger partial charge in [0, 0.05) is 11.8 Å². The maximum Gasteiger partial charge on any atom is 0.0708 e. The van der Waals surface area contributed by atoms with Gasteiger partial charge in [0.15, 0.2) is 0 Å². The minimum absolute atomic E-state index is 1.00. The molecule has 5 aromatic rings. The quantitative estimate of drug-likeness (QED) is 0.327. The number of benzene rings is 4. The summed E-state index contributed by atoms with van der Waals surface area (Å²) in [6.07, 6.45) is 1.89. The first kappa shape index (κ1) is 14.9. The van der Waals surface area contributed by atoms with Gasteiger partial charge < -0.3 is 0 Å². The molecule has 1 heterocycles. The summed E-state index contributed by atoms with van der Waals surface area (Å²) in [6.45, 7) is 0. The van der Waals surface area contributed by atoms with Gasteiger partial charge in [-0.2, -0.15) is 0 Å². The van der Waals surface area contributed by atoms with Crippen molar-refractivity contribution in [2.75, 3.05) is 0 Å². The van der Waals surface area contributed by atoms with Gasteiger partial charge in [-0.15, -0.1) is 0 Å². The standard InChI is InChI=1S/C25H17N/c1-2-6-18(7-3-1)20-14-15-26-25(17-20)22-12-13-24-21(16-22)11-10-19-8-4-5-9-23(19)24/h1-17H. The SMILES string of the molecule is c1ccc(-c2ccnc(-c3ccc4c(ccc5ccccc54)c3)c2)cc1. The van der Waals surface area contributed by atoms with E-state index in [1.165, 1.54) is 32.7 Å². The van der Waals surface area contributed by atoms with E-state index < -0.39 is 0 Å². The molecule has 0 atom stereocenters. The van der Waals surface area contributed by atoms with E-state index in [-0.39, 0.29) is 0 Å². The van der Waals surface area contributed by atoms with E-state index in [1.54, 1.807) is 0 Å². The molecule has 0 saturated heterocycles. The van der Waals surface area contributed by atoms with Crippen LogP contribution < -0.4 is 0 Å². The van der Waals surface area contributed by atoms with Gasteiger partial charge in [0.1, 0.15) is 0 Å². The highest BCUT2D eigenvalue weighted by Gasteiger charge is 2.06. The summed E-state index contributed by atoms with van der Waals surface area (Å²) < 4.78 is 0. The molecule has 0 amide bonds. The minimum atomic E-state index is 1.00. The van der Waals surface area contributed by atoms with Gasteiger partial charge in [-0.1, -0.05) is 78.9 Å². The molecule has 0 spiro atoms. The Morgan fingerprint density at radius 1 is 0.462 bits per heavy atom. The summed E-state index contributed by atoms with van der Waals surface area (Å²) in [5.41, 5.74) is 4.55. The molecule has 0 aliphatic rings. The second-order valence-electron chi connectivity index (χ2n) is 6.52. The van der Waals surface area contributed by atoms with Crippen molar-refractivity contribution in [3.63, 3.8) is 0 Å². The van der Waals surface area contributed by atoms with Crippen molar-refractivity contribution in [1.29, 1.82) is 0 Å². The molecule has 1 aromatic heterocycles. The lowest BCUT2D eigenvalue weighted by Crippen LogP contribution is -1.86. The van der Waals surface area contributed by atoms with Crippen LogP contribution in [-0.4, -0.2) is 4.98 Å². The fourth-order valence-corrected chi connectivity index (χ4v) is 3.57. The van der Waals surface area contributed by atoms with Crippen molar-refractivity contribution in [2.45, 2.75) is 0 Å². The smallest absolute Gasteiger partial charge is 0.0708 e. The molecule has 0 radical (unpaired) electrons. The number of hydrogen-bond donors (Lipinski definition) is 0. The zero-order chi connectivity index (χ0) is 17.3. The van der Waals surface area contributed by atoms with Gasteiger partial charge in [-0.05, 0) is 50.9 Å². The van der Waals surface area contributed by atoms with Gasteiger partial charge in [0.25, 0.3) is 0 Å². The molecule has 26 heavy (non-hydrogen) atoms. The van der Waals surface area contributed by atoms with E-state index in [0.29, 0.717) is 0 Å². The van der Waals surface area contributed by atoms with Crippen molar-refractivity contribution in [3.8, 4) is 22.4 Å². The van der Waals surface area contributed by atoms with E-state index in [4.69, 9.17) is 0 Å². The predicted octanol–water partition coefficient (Wildman–Crippen LogP) is 6.72. The molecule has 4 aromatic carbocycles. The fourth-order valence-electron chi connectivity index (χ4n) is 3.57. The van der Waals surface area contributed by atoms with Crippen molar-refractivity contribution in [1.82, 2.24) is 4.98 Å². The molecule has 0 unspecified atom stereocenters. The Bertz CT molecular complexity index is 1220. The average molecular weight is 331 g/mol. The molecule has 0 fully saturated rings. The van der Waals surface area contributed by atoms with Crippen molar-refractivity contribution in [3.05, 3.63) is 103 Å². The zero-order valence-electron chi connectivity index (χ0n) is 14.3. The summed E-state index contributed by atoms with van der Waals surface area (Å²) in [7, 11) is 0. The van der Waals surface area contributed by atoms with Crippen LogP contribution in [0, 0.1) is 0 Å². The second-order valence-corrected chi connectivity index (χ2v) is 6.52. The lowest BCUT2D eigenvalue weighted by Gasteiger charge is -2.08. The van der Waals surface area contributed by atoms with Crippen LogP contribution >= 0.6 is 0 Å². The van der Waals surface area contributed by atoms with Gasteiger partial charge in [0.2, 0.25) is 0 Å². The topological polar surface area (TPSA) is 12.9 Å². The molecule has 0 bridgehead atoms. The summed E-state index contributed by atoms with van der Waals surface area (Å²) in [5.74, 6) is 0. The Morgan fingerprint density at radius 3 is 2.15 bits per heavy atom. The average Bonchev–Trinajstić information content (AvgIpc) is 2.74. The van der Waals surface area contributed by atoms with E-state index >= 15 is 0 Å². The molecule has 5 rings (SSSR count). The molecule has 1 nitrogen and oxygen atoms in total. The number of rotatable bonds is 2. The molecule has 0 N–H and O–H groups in total. The monoisotopic (exact) mass is 331 g/mol. The third kappa shape index (κ3) is 2.55. The molecule has 122 valence electrons. The highest BCUT2D eigenvalue weighted by molar-refractivity contribution is 6.08. The number of aromatic nitrogens is 1. The number of pyridine rings is 1. The highest BCUT2D eigenvalue weighted by atomic mass is 14.7. The van der Waals surface area contributed by atoms with E-state index in [1.807, 2.05) is 12.3 Å². The molecule has 0 aliphatic heterocycles. The number of nitrogens with zero attached hydrogens (tertiary/aromatic N) is 1. The van der Waals surface area contributed by atoms with Crippen LogP contribution in [0.3, 0.4) is 0 Å². The number of fused-ring (bicyclic) bond motifs is 3.